The molecular weight excluding hydrogens is 360 g/mol. The average Bonchev–Trinajstić information content (AvgIpc) is 3.00. The summed E-state index contributed by atoms with van der Waals surface area (Å²) in [6.45, 7) is 3.18. The molecule has 0 atom stereocenters. The number of nitrogens with one attached hydrogen (secondary N) is 1. The van der Waals surface area contributed by atoms with E-state index in [1.54, 1.807) is 0 Å². The number of ether oxygens (including phenoxy) is 1. The lowest BCUT2D eigenvalue weighted by atomic mass is 9.74. The predicted octanol–water partition coefficient (Wildman–Crippen LogP) is 3.43. The van der Waals surface area contributed by atoms with Crippen molar-refractivity contribution in [1.29, 1.82) is 0 Å². The molecule has 0 spiro atoms. The first kappa shape index (κ1) is 19.8. The summed E-state index contributed by atoms with van der Waals surface area (Å²) in [6.07, 6.45) is 3.95. The highest BCUT2D eigenvalue weighted by Crippen LogP contribution is 2.34. The Morgan fingerprint density at radius 3 is 2.59 bits per heavy atom. The van der Waals surface area contributed by atoms with E-state index in [0.29, 0.717) is 0 Å². The van der Waals surface area contributed by atoms with E-state index in [2.05, 4.69) is 57.2 Å². The zero-order chi connectivity index (χ0) is 19.3. The number of rotatable bonds is 5. The van der Waals surface area contributed by atoms with E-state index in [1.165, 1.54) is 5.56 Å². The fourth-order valence-electron chi connectivity index (χ4n) is 3.80. The number of aliphatic imine (C=N–C) groups is 1. The summed E-state index contributed by atoms with van der Waals surface area (Å²) in [6, 6.07) is 12.8. The molecule has 3 rings (SSSR count). The van der Waals surface area contributed by atoms with Gasteiger partial charge in [-0.25, -0.2) is 0 Å². The van der Waals surface area contributed by atoms with Crippen molar-refractivity contribution in [1.82, 2.24) is 14.8 Å². The Hall–Kier alpha value is -1.98. The molecule has 1 aliphatic rings. The van der Waals surface area contributed by atoms with Crippen molar-refractivity contribution in [2.24, 2.45) is 12.0 Å². The zero-order valence-corrected chi connectivity index (χ0v) is 17.2. The molecule has 2 heterocycles. The normalized spacial score (nSPS) is 17.0. The Balaban J connectivity index is 1.70. The molecule has 1 aromatic heterocycles. The molecular formula is C21H29ClN4O. The number of halogens is 1. The van der Waals surface area contributed by atoms with Gasteiger partial charge < -0.3 is 19.5 Å². The van der Waals surface area contributed by atoms with Crippen LogP contribution in [0.1, 0.15) is 24.1 Å². The van der Waals surface area contributed by atoms with Gasteiger partial charge in [0.1, 0.15) is 0 Å². The van der Waals surface area contributed by atoms with Crippen molar-refractivity contribution in [3.8, 4) is 0 Å². The van der Waals surface area contributed by atoms with Crippen LogP contribution < -0.4 is 5.32 Å². The smallest absolute Gasteiger partial charge is 0.193 e. The summed E-state index contributed by atoms with van der Waals surface area (Å²) in [5, 5.41) is 4.36. The first-order valence-electron chi connectivity index (χ1n) is 9.40. The second kappa shape index (κ2) is 8.81. The van der Waals surface area contributed by atoms with Crippen LogP contribution in [0.25, 0.3) is 0 Å². The van der Waals surface area contributed by atoms with Gasteiger partial charge in [0.15, 0.2) is 5.96 Å². The van der Waals surface area contributed by atoms with Gasteiger partial charge in [-0.15, -0.1) is 0 Å². The van der Waals surface area contributed by atoms with Gasteiger partial charge in [-0.05, 0) is 24.5 Å². The van der Waals surface area contributed by atoms with E-state index in [-0.39, 0.29) is 5.41 Å². The number of hydrogen-bond donors (Lipinski definition) is 1. The summed E-state index contributed by atoms with van der Waals surface area (Å²) < 4.78 is 7.69. The van der Waals surface area contributed by atoms with Crippen LogP contribution in [0.5, 0.6) is 0 Å². The summed E-state index contributed by atoms with van der Waals surface area (Å²) >= 11 is 6.11. The molecule has 0 unspecified atom stereocenters. The lowest BCUT2D eigenvalue weighted by Gasteiger charge is -2.39. The molecule has 1 N–H and O–H groups in total. The van der Waals surface area contributed by atoms with E-state index in [4.69, 9.17) is 16.3 Å². The lowest BCUT2D eigenvalue weighted by Crippen LogP contribution is -2.48. The van der Waals surface area contributed by atoms with E-state index in [9.17, 15) is 0 Å². The van der Waals surface area contributed by atoms with Gasteiger partial charge in [0.05, 0.1) is 11.6 Å². The molecule has 1 saturated heterocycles. The molecule has 0 saturated carbocycles. The molecule has 1 aromatic carbocycles. The Morgan fingerprint density at radius 2 is 2.00 bits per heavy atom. The van der Waals surface area contributed by atoms with Crippen LogP contribution >= 0.6 is 11.6 Å². The topological polar surface area (TPSA) is 41.8 Å². The number of guanidine groups is 1. The van der Waals surface area contributed by atoms with Crippen LogP contribution in [0.15, 0.2) is 47.6 Å². The van der Waals surface area contributed by atoms with Crippen molar-refractivity contribution in [2.45, 2.75) is 24.8 Å². The zero-order valence-electron chi connectivity index (χ0n) is 16.4. The Morgan fingerprint density at radius 1 is 1.30 bits per heavy atom. The standard InChI is InChI=1S/C21H29ClN4O/c1-23-20(26(3)15-19-13-18(22)14-25(19)2)24-16-21(9-11-27-12-10-21)17-7-5-4-6-8-17/h4-8,13-14H,9-12,15-16H2,1-3H3,(H,23,24). The van der Waals surface area contributed by atoms with Gasteiger partial charge in [0.2, 0.25) is 0 Å². The van der Waals surface area contributed by atoms with Crippen molar-refractivity contribution in [2.75, 3.05) is 33.9 Å². The third-order valence-electron chi connectivity index (χ3n) is 5.47. The second-order valence-electron chi connectivity index (χ2n) is 7.28. The SMILES string of the molecule is CN=C(NCC1(c2ccccc2)CCOCC1)N(C)Cc1cc(Cl)cn1C. The average molecular weight is 389 g/mol. The summed E-state index contributed by atoms with van der Waals surface area (Å²) in [5.74, 6) is 0.883. The van der Waals surface area contributed by atoms with E-state index in [0.717, 1.165) is 55.8 Å². The highest BCUT2D eigenvalue weighted by atomic mass is 35.5. The fraction of sp³-hybridized carbons (Fsp3) is 0.476. The summed E-state index contributed by atoms with van der Waals surface area (Å²) in [7, 11) is 5.89. The van der Waals surface area contributed by atoms with Gasteiger partial charge in [0, 0.05) is 58.2 Å². The Kier molecular flexibility index (Phi) is 6.45. The molecule has 6 heteroatoms. The van der Waals surface area contributed by atoms with Gasteiger partial charge in [-0.1, -0.05) is 41.9 Å². The van der Waals surface area contributed by atoms with Crippen LogP contribution in [0.3, 0.4) is 0 Å². The number of nitrogens with zero attached hydrogens (tertiary/aromatic N) is 3. The third kappa shape index (κ3) is 4.66. The van der Waals surface area contributed by atoms with Gasteiger partial charge in [-0.3, -0.25) is 4.99 Å². The van der Waals surface area contributed by atoms with Crippen LogP contribution in [-0.4, -0.2) is 49.3 Å². The van der Waals surface area contributed by atoms with E-state index in [1.807, 2.05) is 26.4 Å². The molecule has 0 radical (unpaired) electrons. The molecule has 1 fully saturated rings. The minimum atomic E-state index is 0.0740. The van der Waals surface area contributed by atoms with Crippen LogP contribution in [0.2, 0.25) is 5.02 Å². The number of hydrogen-bond acceptors (Lipinski definition) is 2. The largest absolute Gasteiger partial charge is 0.381 e. The number of aryl methyl sites for hydroxylation is 1. The van der Waals surface area contributed by atoms with E-state index >= 15 is 0 Å². The van der Waals surface area contributed by atoms with Crippen molar-refractivity contribution >= 4 is 17.6 Å². The highest BCUT2D eigenvalue weighted by Gasteiger charge is 2.34. The van der Waals surface area contributed by atoms with Crippen LogP contribution in [-0.2, 0) is 23.7 Å². The Labute approximate surface area is 167 Å². The first-order valence-corrected chi connectivity index (χ1v) is 9.78. The maximum atomic E-state index is 6.11. The number of aromatic nitrogens is 1. The van der Waals surface area contributed by atoms with Gasteiger partial charge >= 0.3 is 0 Å². The summed E-state index contributed by atoms with van der Waals surface area (Å²) in [5.41, 5.74) is 2.59. The molecule has 2 aromatic rings. The first-order chi connectivity index (χ1) is 13.0. The minimum Gasteiger partial charge on any atom is -0.381 e. The van der Waals surface area contributed by atoms with Gasteiger partial charge in [-0.2, -0.15) is 0 Å². The molecule has 146 valence electrons. The van der Waals surface area contributed by atoms with Crippen molar-refractivity contribution in [3.63, 3.8) is 0 Å². The molecule has 0 aliphatic carbocycles. The van der Waals surface area contributed by atoms with Gasteiger partial charge in [0.25, 0.3) is 0 Å². The Bertz CT molecular complexity index is 766. The lowest BCUT2D eigenvalue weighted by molar-refractivity contribution is 0.0512. The quantitative estimate of drug-likeness (QED) is 0.630. The third-order valence-corrected chi connectivity index (χ3v) is 5.67. The second-order valence-corrected chi connectivity index (χ2v) is 7.71. The fourth-order valence-corrected chi connectivity index (χ4v) is 4.07. The highest BCUT2D eigenvalue weighted by molar-refractivity contribution is 6.30. The van der Waals surface area contributed by atoms with E-state index < -0.39 is 0 Å². The molecule has 0 amide bonds. The maximum Gasteiger partial charge on any atom is 0.193 e. The molecule has 0 bridgehead atoms. The molecule has 27 heavy (non-hydrogen) atoms. The maximum absolute atomic E-state index is 6.11. The number of benzene rings is 1. The monoisotopic (exact) mass is 388 g/mol. The minimum absolute atomic E-state index is 0.0740. The van der Waals surface area contributed by atoms with Crippen molar-refractivity contribution < 1.29 is 4.74 Å². The van der Waals surface area contributed by atoms with Crippen LogP contribution in [0.4, 0.5) is 0 Å². The predicted molar refractivity (Wildman–Crippen MR) is 111 cm³/mol. The van der Waals surface area contributed by atoms with Crippen molar-refractivity contribution in [3.05, 3.63) is 58.9 Å². The molecule has 5 nitrogen and oxygen atoms in total. The molecule has 1 aliphatic heterocycles. The van der Waals surface area contributed by atoms with Crippen LogP contribution in [0, 0.1) is 0 Å². The summed E-state index contributed by atoms with van der Waals surface area (Å²) in [4.78, 5) is 6.62.